The van der Waals surface area contributed by atoms with Crippen LogP contribution in [-0.4, -0.2) is 114 Å². The van der Waals surface area contributed by atoms with Gasteiger partial charge in [0.25, 0.3) is 0 Å². The molecular weight excluding hydrogens is 608 g/mol. The number of carbonyl (C=O) groups is 2. The first kappa shape index (κ1) is 45.7. The summed E-state index contributed by atoms with van der Waals surface area (Å²) < 4.78 is 39.0. The minimum Gasteiger partial charge on any atom is -0.479 e. The van der Waals surface area contributed by atoms with Crippen LogP contribution in [0.2, 0.25) is 0 Å². The molecular formula is C36H70O11. The van der Waals surface area contributed by atoms with E-state index in [1.165, 1.54) is 32.1 Å². The van der Waals surface area contributed by atoms with E-state index in [2.05, 4.69) is 13.8 Å². The van der Waals surface area contributed by atoms with Gasteiger partial charge in [-0.3, -0.25) is 4.79 Å². The Morgan fingerprint density at radius 1 is 0.532 bits per heavy atom. The number of carbonyl (C=O) groups excluding carboxylic acids is 1. The molecule has 0 aliphatic carbocycles. The van der Waals surface area contributed by atoms with Crippen LogP contribution >= 0.6 is 0 Å². The molecule has 0 saturated carbocycles. The maximum Gasteiger partial charge on any atom is 0.332 e. The largest absolute Gasteiger partial charge is 0.479 e. The topological polar surface area (TPSA) is 139 Å². The number of carboxylic acids is 1. The third-order valence-electron chi connectivity index (χ3n) is 7.62. The Bertz CT molecular complexity index is 665. The molecule has 0 bridgehead atoms. The highest BCUT2D eigenvalue weighted by molar-refractivity contribution is 5.72. The smallest absolute Gasteiger partial charge is 0.332 e. The fourth-order valence-corrected chi connectivity index (χ4v) is 4.81. The lowest BCUT2D eigenvalue weighted by Gasteiger charge is -2.21. The number of carboxylic acid groups (broad SMARTS) is 1. The van der Waals surface area contributed by atoms with Gasteiger partial charge in [0.15, 0.2) is 6.10 Å². The molecule has 2 unspecified atom stereocenters. The van der Waals surface area contributed by atoms with Crippen LogP contribution in [0.1, 0.15) is 129 Å². The van der Waals surface area contributed by atoms with Crippen molar-refractivity contribution >= 4 is 11.9 Å². The lowest BCUT2D eigenvalue weighted by Crippen LogP contribution is -2.32. The van der Waals surface area contributed by atoms with E-state index >= 15 is 0 Å². The van der Waals surface area contributed by atoms with E-state index in [9.17, 15) is 14.7 Å². The second-order valence-electron chi connectivity index (χ2n) is 12.0. The van der Waals surface area contributed by atoms with E-state index in [1.807, 2.05) is 0 Å². The van der Waals surface area contributed by atoms with Crippen molar-refractivity contribution in [1.29, 1.82) is 0 Å². The van der Waals surface area contributed by atoms with Crippen LogP contribution in [0, 0.1) is 0 Å². The van der Waals surface area contributed by atoms with Crippen molar-refractivity contribution in [3.05, 3.63) is 0 Å². The molecule has 0 fully saturated rings. The molecule has 11 heteroatoms. The van der Waals surface area contributed by atoms with E-state index in [0.29, 0.717) is 72.3 Å². The van der Waals surface area contributed by atoms with Crippen molar-refractivity contribution in [2.45, 2.75) is 142 Å². The average Bonchev–Trinajstić information content (AvgIpc) is 3.06. The van der Waals surface area contributed by atoms with Gasteiger partial charge in [-0.15, -0.1) is 0 Å². The molecule has 0 radical (unpaired) electrons. The summed E-state index contributed by atoms with van der Waals surface area (Å²) in [7, 11) is 0. The second-order valence-corrected chi connectivity index (χ2v) is 12.0. The van der Waals surface area contributed by atoms with Crippen LogP contribution < -0.4 is 0 Å². The number of aliphatic carboxylic acids is 1. The van der Waals surface area contributed by atoms with E-state index in [-0.39, 0.29) is 31.9 Å². The summed E-state index contributed by atoms with van der Waals surface area (Å²) in [5, 5.41) is 18.3. The Morgan fingerprint density at radius 3 is 1.64 bits per heavy atom. The van der Waals surface area contributed by atoms with Gasteiger partial charge in [-0.2, -0.15) is 0 Å². The molecule has 0 saturated heterocycles. The zero-order valence-corrected chi connectivity index (χ0v) is 29.9. The molecule has 0 aromatic carbocycles. The van der Waals surface area contributed by atoms with Gasteiger partial charge in [0.1, 0.15) is 6.10 Å². The molecule has 0 aliphatic heterocycles. The zero-order valence-electron chi connectivity index (χ0n) is 29.9. The Balaban J connectivity index is 4.17. The van der Waals surface area contributed by atoms with Gasteiger partial charge in [0.2, 0.25) is 0 Å². The third kappa shape index (κ3) is 34.3. The molecule has 0 amide bonds. The Labute approximate surface area is 285 Å². The molecule has 2 atom stereocenters. The molecule has 0 aliphatic rings. The van der Waals surface area contributed by atoms with E-state index < -0.39 is 12.1 Å². The summed E-state index contributed by atoms with van der Waals surface area (Å²) in [6.45, 7) is 8.69. The monoisotopic (exact) mass is 678 g/mol. The predicted octanol–water partition coefficient (Wildman–Crippen LogP) is 6.50. The number of esters is 1. The highest BCUT2D eigenvalue weighted by Crippen LogP contribution is 2.12. The minimum absolute atomic E-state index is 0.000412. The standard InChI is InChI=1S/C36H70O11/c1-3-5-7-9-10-13-18-23-46-35(38)20-16-12-11-14-17-22-45-33(32-47-34(36(39)40)19-15-8-6-4-2)31-44-30-29-43-28-27-42-26-25-41-24-21-37/h33-34,37H,3-32H2,1-2H3,(H,39,40). The van der Waals surface area contributed by atoms with Gasteiger partial charge in [-0.1, -0.05) is 97.3 Å². The average molecular weight is 679 g/mol. The number of unbranched alkanes of at least 4 members (excludes halogenated alkanes) is 13. The van der Waals surface area contributed by atoms with Crippen molar-refractivity contribution in [3.8, 4) is 0 Å². The minimum atomic E-state index is -0.946. The van der Waals surface area contributed by atoms with Crippen molar-refractivity contribution < 1.29 is 53.0 Å². The Kier molecular flexibility index (Phi) is 36.4. The molecule has 0 aromatic heterocycles. The maximum absolute atomic E-state index is 12.0. The normalized spacial score (nSPS) is 12.7. The summed E-state index contributed by atoms with van der Waals surface area (Å²) in [5.74, 6) is -1.04. The summed E-state index contributed by atoms with van der Waals surface area (Å²) in [6, 6.07) is 0. The molecule has 11 nitrogen and oxygen atoms in total. The van der Waals surface area contributed by atoms with Crippen molar-refractivity contribution in [2.24, 2.45) is 0 Å². The molecule has 0 heterocycles. The first-order valence-electron chi connectivity index (χ1n) is 18.6. The Morgan fingerprint density at radius 2 is 1.04 bits per heavy atom. The summed E-state index contributed by atoms with van der Waals surface area (Å²) in [5.41, 5.74) is 0. The number of hydrogen-bond donors (Lipinski definition) is 2. The number of ether oxygens (including phenoxy) is 7. The summed E-state index contributed by atoms with van der Waals surface area (Å²) >= 11 is 0. The van der Waals surface area contributed by atoms with Crippen molar-refractivity contribution in [2.75, 3.05) is 79.3 Å². The fourth-order valence-electron chi connectivity index (χ4n) is 4.81. The maximum atomic E-state index is 12.0. The highest BCUT2D eigenvalue weighted by Gasteiger charge is 2.20. The van der Waals surface area contributed by atoms with Crippen LogP contribution in [0.15, 0.2) is 0 Å². The zero-order chi connectivity index (χ0) is 34.5. The first-order valence-corrected chi connectivity index (χ1v) is 18.6. The molecule has 0 spiro atoms. The van der Waals surface area contributed by atoms with E-state index in [4.69, 9.17) is 38.3 Å². The number of aliphatic hydroxyl groups excluding tert-OH is 1. The van der Waals surface area contributed by atoms with Gasteiger partial charge in [0.05, 0.1) is 72.7 Å². The summed E-state index contributed by atoms with van der Waals surface area (Å²) in [4.78, 5) is 23.7. The van der Waals surface area contributed by atoms with Gasteiger partial charge >= 0.3 is 11.9 Å². The van der Waals surface area contributed by atoms with Gasteiger partial charge in [0, 0.05) is 13.0 Å². The van der Waals surface area contributed by atoms with Crippen LogP contribution in [0.3, 0.4) is 0 Å². The molecule has 0 aromatic rings. The van der Waals surface area contributed by atoms with Crippen LogP contribution in [0.25, 0.3) is 0 Å². The van der Waals surface area contributed by atoms with Crippen LogP contribution in [-0.2, 0) is 42.7 Å². The number of aliphatic hydroxyl groups is 1. The second kappa shape index (κ2) is 37.5. The predicted molar refractivity (Wildman–Crippen MR) is 183 cm³/mol. The van der Waals surface area contributed by atoms with Crippen molar-refractivity contribution in [1.82, 2.24) is 0 Å². The van der Waals surface area contributed by atoms with Gasteiger partial charge in [-0.05, 0) is 25.7 Å². The SMILES string of the molecule is CCCCCCCCCOC(=O)CCCCCCCOC(COCCOCCOCCOCCO)COC(CCCCCC)C(=O)O. The molecule has 47 heavy (non-hydrogen) atoms. The molecule has 280 valence electrons. The molecule has 2 N–H and O–H groups in total. The van der Waals surface area contributed by atoms with E-state index in [0.717, 1.165) is 70.6 Å². The quantitative estimate of drug-likeness (QED) is 0.0544. The Hall–Kier alpha value is -1.34. The van der Waals surface area contributed by atoms with Gasteiger partial charge < -0.3 is 43.4 Å². The van der Waals surface area contributed by atoms with Crippen LogP contribution in [0.4, 0.5) is 0 Å². The summed E-state index contributed by atoms with van der Waals surface area (Å²) in [6.07, 6.45) is 16.9. The molecule has 0 rings (SSSR count). The van der Waals surface area contributed by atoms with Gasteiger partial charge in [-0.25, -0.2) is 4.79 Å². The van der Waals surface area contributed by atoms with Crippen molar-refractivity contribution in [3.63, 3.8) is 0 Å². The number of hydrogen-bond acceptors (Lipinski definition) is 10. The number of rotatable bonds is 39. The lowest BCUT2D eigenvalue weighted by atomic mass is 10.1. The first-order chi connectivity index (χ1) is 23.0. The van der Waals surface area contributed by atoms with E-state index in [1.54, 1.807) is 0 Å². The fraction of sp³-hybridized carbons (Fsp3) is 0.944. The third-order valence-corrected chi connectivity index (χ3v) is 7.62. The highest BCUT2D eigenvalue weighted by atomic mass is 16.6. The van der Waals surface area contributed by atoms with Crippen LogP contribution in [0.5, 0.6) is 0 Å². The lowest BCUT2D eigenvalue weighted by molar-refractivity contribution is -0.155.